The highest BCUT2D eigenvalue weighted by Gasteiger charge is 2.17. The topological polar surface area (TPSA) is 9.86 Å². The van der Waals surface area contributed by atoms with Gasteiger partial charge in [0.2, 0.25) is 0 Å². The molecule has 0 fully saturated rings. The van der Waals surface area contributed by atoms with E-state index in [0.717, 1.165) is 5.69 Å². The van der Waals surface area contributed by atoms with Crippen LogP contribution in [0.15, 0.2) is 158 Å². The van der Waals surface area contributed by atoms with Gasteiger partial charge in [-0.2, -0.15) is 0 Å². The van der Waals surface area contributed by atoms with Crippen LogP contribution in [0.4, 0.5) is 0 Å². The Hall–Kier alpha value is -5.60. The van der Waals surface area contributed by atoms with Crippen molar-refractivity contribution in [3.05, 3.63) is 158 Å². The maximum absolute atomic E-state index is 2.43. The molecule has 0 saturated carbocycles. The number of para-hydroxylation sites is 2. The second-order valence-corrected chi connectivity index (χ2v) is 11.1. The van der Waals surface area contributed by atoms with Gasteiger partial charge >= 0.3 is 0 Å². The maximum Gasteiger partial charge on any atom is 0.0635 e. The van der Waals surface area contributed by atoms with Gasteiger partial charge in [0.15, 0.2) is 0 Å². The SMILES string of the molecule is c1ccc(-n2ccc3c2ccc2c4ccccc4n(-c4ccc(-c5ccc6cc7ccccc7cc6c5)cc4)c23)cc1. The molecule has 2 heteroatoms. The predicted molar refractivity (Wildman–Crippen MR) is 178 cm³/mol. The highest BCUT2D eigenvalue weighted by Crippen LogP contribution is 2.38. The van der Waals surface area contributed by atoms with E-state index in [2.05, 4.69) is 167 Å². The molecule has 0 amide bonds. The smallest absolute Gasteiger partial charge is 0.0635 e. The first-order chi connectivity index (χ1) is 20.8. The summed E-state index contributed by atoms with van der Waals surface area (Å²) >= 11 is 0. The standard InChI is InChI=1S/C40H26N2/c1-2-10-33(11-3-1)41-23-22-37-38(41)21-20-36-35-12-6-7-13-39(35)42(40(36)37)34-18-16-27(17-19-34)30-14-15-31-24-28-8-4-5-9-29(28)25-32(31)26-30/h1-26H. The quantitative estimate of drug-likeness (QED) is 0.200. The van der Waals surface area contributed by atoms with Crippen LogP contribution in [0.2, 0.25) is 0 Å². The monoisotopic (exact) mass is 534 g/mol. The Bertz CT molecular complexity index is 2440. The fraction of sp³-hybridized carbons (Fsp3) is 0. The van der Waals surface area contributed by atoms with Gasteiger partial charge in [-0.3, -0.25) is 0 Å². The normalized spacial score (nSPS) is 11.8. The summed E-state index contributed by atoms with van der Waals surface area (Å²) in [4.78, 5) is 0. The lowest BCUT2D eigenvalue weighted by Gasteiger charge is -2.11. The van der Waals surface area contributed by atoms with Crippen LogP contribution >= 0.6 is 0 Å². The van der Waals surface area contributed by atoms with Crippen molar-refractivity contribution in [2.24, 2.45) is 0 Å². The first kappa shape index (κ1) is 23.1. The summed E-state index contributed by atoms with van der Waals surface area (Å²) in [6.07, 6.45) is 2.19. The van der Waals surface area contributed by atoms with Gasteiger partial charge in [-0.25, -0.2) is 0 Å². The summed E-state index contributed by atoms with van der Waals surface area (Å²) < 4.78 is 4.71. The Morgan fingerprint density at radius 1 is 0.357 bits per heavy atom. The molecule has 0 aliphatic rings. The van der Waals surface area contributed by atoms with Crippen LogP contribution in [0.3, 0.4) is 0 Å². The lowest BCUT2D eigenvalue weighted by Crippen LogP contribution is -1.95. The minimum Gasteiger partial charge on any atom is -0.316 e. The Morgan fingerprint density at radius 3 is 1.88 bits per heavy atom. The Labute approximate surface area is 243 Å². The van der Waals surface area contributed by atoms with E-state index >= 15 is 0 Å². The second-order valence-electron chi connectivity index (χ2n) is 11.1. The Balaban J connectivity index is 1.21. The summed E-state index contributed by atoms with van der Waals surface area (Å²) in [6, 6.07) is 55.1. The third kappa shape index (κ3) is 3.45. The van der Waals surface area contributed by atoms with Gasteiger partial charge in [0, 0.05) is 33.7 Å². The maximum atomic E-state index is 2.43. The van der Waals surface area contributed by atoms with Crippen LogP contribution in [-0.4, -0.2) is 9.13 Å². The zero-order chi connectivity index (χ0) is 27.6. The van der Waals surface area contributed by atoms with E-state index < -0.39 is 0 Å². The van der Waals surface area contributed by atoms with Gasteiger partial charge in [-0.1, -0.05) is 91.0 Å². The predicted octanol–water partition coefficient (Wildman–Crippen LogP) is 10.7. The second kappa shape index (κ2) is 8.95. The van der Waals surface area contributed by atoms with E-state index in [-0.39, 0.29) is 0 Å². The molecule has 196 valence electrons. The van der Waals surface area contributed by atoms with Crippen molar-refractivity contribution in [1.82, 2.24) is 9.13 Å². The average Bonchev–Trinajstić information content (AvgIpc) is 3.64. The minimum atomic E-state index is 1.16. The van der Waals surface area contributed by atoms with Gasteiger partial charge < -0.3 is 9.13 Å². The molecule has 0 spiro atoms. The summed E-state index contributed by atoms with van der Waals surface area (Å²) in [6.45, 7) is 0. The van der Waals surface area contributed by atoms with E-state index in [9.17, 15) is 0 Å². The molecule has 0 N–H and O–H groups in total. The lowest BCUT2D eigenvalue weighted by atomic mass is 9.98. The summed E-state index contributed by atoms with van der Waals surface area (Å²) in [5, 5.41) is 8.88. The highest BCUT2D eigenvalue weighted by molar-refractivity contribution is 6.18. The molecule has 42 heavy (non-hydrogen) atoms. The van der Waals surface area contributed by atoms with Gasteiger partial charge in [0.1, 0.15) is 0 Å². The van der Waals surface area contributed by atoms with Crippen molar-refractivity contribution in [3.8, 4) is 22.5 Å². The molecule has 2 aromatic heterocycles. The van der Waals surface area contributed by atoms with Crippen LogP contribution < -0.4 is 0 Å². The van der Waals surface area contributed by atoms with Crippen molar-refractivity contribution in [1.29, 1.82) is 0 Å². The number of hydrogen-bond donors (Lipinski definition) is 0. The van der Waals surface area contributed by atoms with Gasteiger partial charge in [-0.15, -0.1) is 0 Å². The first-order valence-corrected chi connectivity index (χ1v) is 14.4. The Morgan fingerprint density at radius 2 is 1.05 bits per heavy atom. The third-order valence-corrected chi connectivity index (χ3v) is 8.70. The van der Waals surface area contributed by atoms with Crippen LogP contribution in [-0.2, 0) is 0 Å². The fourth-order valence-electron chi connectivity index (χ4n) is 6.68. The molecule has 9 aromatic rings. The van der Waals surface area contributed by atoms with E-state index in [0.29, 0.717) is 0 Å². The molecule has 0 aliphatic carbocycles. The Kier molecular flexibility index (Phi) is 4.93. The van der Waals surface area contributed by atoms with E-state index in [4.69, 9.17) is 0 Å². The number of benzene rings is 7. The third-order valence-electron chi connectivity index (χ3n) is 8.70. The van der Waals surface area contributed by atoms with Gasteiger partial charge in [-0.05, 0) is 93.3 Å². The van der Waals surface area contributed by atoms with Crippen LogP contribution in [0.5, 0.6) is 0 Å². The number of hydrogen-bond acceptors (Lipinski definition) is 0. The fourth-order valence-corrected chi connectivity index (χ4v) is 6.68. The minimum absolute atomic E-state index is 1.16. The first-order valence-electron chi connectivity index (χ1n) is 14.4. The zero-order valence-electron chi connectivity index (χ0n) is 22.9. The summed E-state index contributed by atoms with van der Waals surface area (Å²) in [5.74, 6) is 0. The van der Waals surface area contributed by atoms with Crippen molar-refractivity contribution < 1.29 is 0 Å². The number of nitrogens with zero attached hydrogens (tertiary/aromatic N) is 2. The van der Waals surface area contributed by atoms with Crippen LogP contribution in [0.1, 0.15) is 0 Å². The largest absolute Gasteiger partial charge is 0.316 e. The molecule has 0 aliphatic heterocycles. The van der Waals surface area contributed by atoms with E-state index in [1.165, 1.54) is 71.1 Å². The number of fused-ring (bicyclic) bond motifs is 7. The number of rotatable bonds is 3. The molecule has 0 saturated heterocycles. The highest BCUT2D eigenvalue weighted by atomic mass is 15.0. The molecule has 2 nitrogen and oxygen atoms in total. The van der Waals surface area contributed by atoms with E-state index in [1.54, 1.807) is 0 Å². The number of aromatic nitrogens is 2. The molecule has 7 aromatic carbocycles. The molecule has 0 radical (unpaired) electrons. The lowest BCUT2D eigenvalue weighted by molar-refractivity contribution is 1.13. The molecular formula is C40H26N2. The molecule has 0 bridgehead atoms. The zero-order valence-corrected chi connectivity index (χ0v) is 22.9. The molecule has 9 rings (SSSR count). The van der Waals surface area contributed by atoms with Crippen LogP contribution in [0, 0.1) is 0 Å². The van der Waals surface area contributed by atoms with E-state index in [1.807, 2.05) is 0 Å². The van der Waals surface area contributed by atoms with Gasteiger partial charge in [0.05, 0.1) is 16.6 Å². The van der Waals surface area contributed by atoms with Gasteiger partial charge in [0.25, 0.3) is 0 Å². The van der Waals surface area contributed by atoms with Crippen molar-refractivity contribution >= 4 is 54.3 Å². The molecule has 0 atom stereocenters. The molecular weight excluding hydrogens is 508 g/mol. The molecule has 2 heterocycles. The van der Waals surface area contributed by atoms with Crippen molar-refractivity contribution in [3.63, 3.8) is 0 Å². The average molecular weight is 535 g/mol. The molecule has 0 unspecified atom stereocenters. The van der Waals surface area contributed by atoms with Crippen molar-refractivity contribution in [2.75, 3.05) is 0 Å². The summed E-state index contributed by atoms with van der Waals surface area (Å²) in [7, 11) is 0. The van der Waals surface area contributed by atoms with Crippen LogP contribution in [0.25, 0.3) is 76.8 Å². The van der Waals surface area contributed by atoms with Crippen molar-refractivity contribution in [2.45, 2.75) is 0 Å². The summed E-state index contributed by atoms with van der Waals surface area (Å²) in [5.41, 5.74) is 8.45.